The van der Waals surface area contributed by atoms with Crippen molar-refractivity contribution in [3.63, 3.8) is 0 Å². The van der Waals surface area contributed by atoms with Gasteiger partial charge >= 0.3 is 0 Å². The SMILES string of the molecule is Cc1ccccc1NC(=O)c1cncc(NCc2cccnc2)c1. The highest BCUT2D eigenvalue weighted by Crippen LogP contribution is 2.16. The van der Waals surface area contributed by atoms with Crippen LogP contribution in [0.1, 0.15) is 21.5 Å². The van der Waals surface area contributed by atoms with E-state index in [1.54, 1.807) is 30.9 Å². The first-order chi connectivity index (χ1) is 11.7. The van der Waals surface area contributed by atoms with E-state index < -0.39 is 0 Å². The molecule has 0 atom stereocenters. The topological polar surface area (TPSA) is 66.9 Å². The molecule has 0 fully saturated rings. The summed E-state index contributed by atoms with van der Waals surface area (Å²) in [6.45, 7) is 2.58. The summed E-state index contributed by atoms with van der Waals surface area (Å²) in [5.41, 5.74) is 4.18. The van der Waals surface area contributed by atoms with Crippen LogP contribution in [0.2, 0.25) is 0 Å². The van der Waals surface area contributed by atoms with Crippen molar-refractivity contribution in [2.75, 3.05) is 10.6 Å². The van der Waals surface area contributed by atoms with Gasteiger partial charge in [0, 0.05) is 37.0 Å². The summed E-state index contributed by atoms with van der Waals surface area (Å²) in [5, 5.41) is 6.16. The molecule has 1 amide bonds. The molecule has 120 valence electrons. The normalized spacial score (nSPS) is 10.2. The smallest absolute Gasteiger partial charge is 0.257 e. The fourth-order valence-electron chi connectivity index (χ4n) is 2.28. The second kappa shape index (κ2) is 7.37. The van der Waals surface area contributed by atoms with E-state index in [9.17, 15) is 4.79 Å². The summed E-state index contributed by atoms with van der Waals surface area (Å²) in [7, 11) is 0. The molecule has 0 spiro atoms. The van der Waals surface area contributed by atoms with Gasteiger partial charge in [-0.15, -0.1) is 0 Å². The minimum absolute atomic E-state index is 0.179. The molecule has 5 heteroatoms. The van der Waals surface area contributed by atoms with Crippen molar-refractivity contribution in [3.05, 3.63) is 83.9 Å². The van der Waals surface area contributed by atoms with Gasteiger partial charge in [0.05, 0.1) is 11.3 Å². The Kier molecular flexibility index (Phi) is 4.81. The quantitative estimate of drug-likeness (QED) is 0.753. The zero-order chi connectivity index (χ0) is 16.8. The van der Waals surface area contributed by atoms with Crippen molar-refractivity contribution in [3.8, 4) is 0 Å². The molecule has 0 radical (unpaired) electrons. The lowest BCUT2D eigenvalue weighted by atomic mass is 10.2. The average Bonchev–Trinajstić information content (AvgIpc) is 2.63. The number of pyridine rings is 2. The zero-order valence-corrected chi connectivity index (χ0v) is 13.4. The van der Waals surface area contributed by atoms with E-state index in [4.69, 9.17) is 0 Å². The number of carbonyl (C=O) groups is 1. The zero-order valence-electron chi connectivity index (χ0n) is 13.4. The monoisotopic (exact) mass is 318 g/mol. The van der Waals surface area contributed by atoms with Crippen molar-refractivity contribution in [2.45, 2.75) is 13.5 Å². The first-order valence-electron chi connectivity index (χ1n) is 7.67. The van der Waals surface area contributed by atoms with E-state index in [1.165, 1.54) is 0 Å². The van der Waals surface area contributed by atoms with Crippen LogP contribution in [0.25, 0.3) is 0 Å². The van der Waals surface area contributed by atoms with E-state index in [0.717, 1.165) is 22.5 Å². The predicted molar refractivity (Wildman–Crippen MR) is 94.9 cm³/mol. The van der Waals surface area contributed by atoms with Crippen LogP contribution in [0.15, 0.2) is 67.3 Å². The number of aromatic nitrogens is 2. The standard InChI is InChI=1S/C19H18N4O/c1-14-5-2-3-7-18(14)23-19(24)16-9-17(13-21-12-16)22-11-15-6-4-8-20-10-15/h2-10,12-13,22H,11H2,1H3,(H,23,24). The Morgan fingerprint density at radius 1 is 1.04 bits per heavy atom. The summed E-state index contributed by atoms with van der Waals surface area (Å²) in [5.74, 6) is -0.179. The number of hydrogen-bond acceptors (Lipinski definition) is 4. The van der Waals surface area contributed by atoms with Crippen molar-refractivity contribution in [1.29, 1.82) is 0 Å². The van der Waals surface area contributed by atoms with Crippen LogP contribution in [-0.2, 0) is 6.54 Å². The van der Waals surface area contributed by atoms with Crippen LogP contribution in [0, 0.1) is 6.92 Å². The molecular formula is C19H18N4O. The number of anilines is 2. The highest BCUT2D eigenvalue weighted by molar-refractivity contribution is 6.04. The molecule has 0 saturated heterocycles. The minimum atomic E-state index is -0.179. The largest absolute Gasteiger partial charge is 0.380 e. The molecule has 1 aromatic carbocycles. The number of hydrogen-bond donors (Lipinski definition) is 2. The summed E-state index contributed by atoms with van der Waals surface area (Å²) < 4.78 is 0. The predicted octanol–water partition coefficient (Wildman–Crippen LogP) is 3.65. The van der Waals surface area contributed by atoms with Crippen molar-refractivity contribution in [1.82, 2.24) is 9.97 Å². The van der Waals surface area contributed by atoms with E-state index in [0.29, 0.717) is 12.1 Å². The van der Waals surface area contributed by atoms with E-state index in [2.05, 4.69) is 20.6 Å². The summed E-state index contributed by atoms with van der Waals surface area (Å²) in [4.78, 5) is 20.6. The van der Waals surface area contributed by atoms with Gasteiger partial charge in [-0.3, -0.25) is 14.8 Å². The van der Waals surface area contributed by atoms with Crippen LogP contribution >= 0.6 is 0 Å². The Bertz CT molecular complexity index is 834. The number of para-hydroxylation sites is 1. The van der Waals surface area contributed by atoms with Crippen LogP contribution in [0.4, 0.5) is 11.4 Å². The van der Waals surface area contributed by atoms with Crippen LogP contribution in [0.3, 0.4) is 0 Å². The Balaban J connectivity index is 1.68. The van der Waals surface area contributed by atoms with Crippen molar-refractivity contribution < 1.29 is 4.79 Å². The molecule has 2 N–H and O–H groups in total. The van der Waals surface area contributed by atoms with Crippen LogP contribution in [-0.4, -0.2) is 15.9 Å². The van der Waals surface area contributed by atoms with Gasteiger partial charge in [-0.05, 0) is 36.2 Å². The van der Waals surface area contributed by atoms with Gasteiger partial charge in [-0.25, -0.2) is 0 Å². The van der Waals surface area contributed by atoms with Crippen molar-refractivity contribution >= 4 is 17.3 Å². The second-order valence-electron chi connectivity index (χ2n) is 5.45. The fourth-order valence-corrected chi connectivity index (χ4v) is 2.28. The molecule has 0 saturated carbocycles. The molecule has 0 aliphatic rings. The fraction of sp³-hybridized carbons (Fsp3) is 0.105. The maximum absolute atomic E-state index is 12.4. The molecule has 3 rings (SSSR count). The second-order valence-corrected chi connectivity index (χ2v) is 5.45. The van der Waals surface area contributed by atoms with Gasteiger partial charge in [0.1, 0.15) is 0 Å². The third-order valence-corrected chi connectivity index (χ3v) is 3.61. The minimum Gasteiger partial charge on any atom is -0.380 e. The summed E-state index contributed by atoms with van der Waals surface area (Å²) in [6.07, 6.45) is 6.79. The number of carbonyl (C=O) groups excluding carboxylic acids is 1. The maximum Gasteiger partial charge on any atom is 0.257 e. The Labute approximate surface area is 140 Å². The average molecular weight is 318 g/mol. The number of nitrogens with one attached hydrogen (secondary N) is 2. The third kappa shape index (κ3) is 3.95. The maximum atomic E-state index is 12.4. The van der Waals surface area contributed by atoms with Gasteiger partial charge in [-0.1, -0.05) is 24.3 Å². The van der Waals surface area contributed by atoms with Crippen LogP contribution < -0.4 is 10.6 Å². The molecule has 24 heavy (non-hydrogen) atoms. The molecule has 0 unspecified atom stereocenters. The van der Waals surface area contributed by atoms with Crippen LogP contribution in [0.5, 0.6) is 0 Å². The lowest BCUT2D eigenvalue weighted by Gasteiger charge is -2.10. The lowest BCUT2D eigenvalue weighted by Crippen LogP contribution is -2.13. The first-order valence-corrected chi connectivity index (χ1v) is 7.67. The van der Waals surface area contributed by atoms with Gasteiger partial charge in [0.15, 0.2) is 0 Å². The molecule has 2 aromatic heterocycles. The summed E-state index contributed by atoms with van der Waals surface area (Å²) >= 11 is 0. The van der Waals surface area contributed by atoms with Gasteiger partial charge in [0.2, 0.25) is 0 Å². The molecule has 0 aliphatic carbocycles. The van der Waals surface area contributed by atoms with E-state index >= 15 is 0 Å². The number of aryl methyl sites for hydroxylation is 1. The lowest BCUT2D eigenvalue weighted by molar-refractivity contribution is 0.102. The Morgan fingerprint density at radius 2 is 1.92 bits per heavy atom. The number of amides is 1. The van der Waals surface area contributed by atoms with Gasteiger partial charge < -0.3 is 10.6 Å². The molecular weight excluding hydrogens is 300 g/mol. The molecule has 5 nitrogen and oxygen atoms in total. The van der Waals surface area contributed by atoms with E-state index in [-0.39, 0.29) is 5.91 Å². The Morgan fingerprint density at radius 3 is 2.71 bits per heavy atom. The third-order valence-electron chi connectivity index (χ3n) is 3.61. The molecule has 0 aliphatic heterocycles. The number of rotatable bonds is 5. The number of nitrogens with zero attached hydrogens (tertiary/aromatic N) is 2. The first kappa shape index (κ1) is 15.7. The summed E-state index contributed by atoms with van der Waals surface area (Å²) in [6, 6.07) is 13.3. The molecule has 3 aromatic rings. The number of benzene rings is 1. The van der Waals surface area contributed by atoms with Crippen molar-refractivity contribution in [2.24, 2.45) is 0 Å². The molecule has 0 bridgehead atoms. The Hall–Kier alpha value is -3.21. The van der Waals surface area contributed by atoms with E-state index in [1.807, 2.05) is 43.3 Å². The van der Waals surface area contributed by atoms with Gasteiger partial charge in [0.25, 0.3) is 5.91 Å². The highest BCUT2D eigenvalue weighted by atomic mass is 16.1. The highest BCUT2D eigenvalue weighted by Gasteiger charge is 2.08. The molecule has 2 heterocycles. The van der Waals surface area contributed by atoms with Gasteiger partial charge in [-0.2, -0.15) is 0 Å².